The molecule has 0 radical (unpaired) electrons. The van der Waals surface area contributed by atoms with Crippen molar-refractivity contribution >= 4 is 33.1 Å². The zero-order valence-corrected chi connectivity index (χ0v) is 17.7. The minimum absolute atomic E-state index is 0.136. The van der Waals surface area contributed by atoms with E-state index in [0.717, 1.165) is 17.4 Å². The van der Waals surface area contributed by atoms with E-state index in [2.05, 4.69) is 55.1 Å². The summed E-state index contributed by atoms with van der Waals surface area (Å²) in [6, 6.07) is 15.4. The SMILES string of the molecule is CC(C)(C)c1ccc(CNC(=S)OCc2ccc(NS(C)(=O)=O)cc2)cc1. The van der Waals surface area contributed by atoms with Crippen LogP contribution in [0.4, 0.5) is 5.69 Å². The Morgan fingerprint density at radius 3 is 2.07 bits per heavy atom. The number of hydrogen-bond donors (Lipinski definition) is 2. The molecular formula is C20H26N2O3S2. The molecule has 0 unspecified atom stereocenters. The van der Waals surface area contributed by atoms with Gasteiger partial charge in [-0.3, -0.25) is 4.72 Å². The topological polar surface area (TPSA) is 67.4 Å². The Hall–Kier alpha value is -2.12. The first-order valence-corrected chi connectivity index (χ1v) is 10.9. The number of ether oxygens (including phenoxy) is 1. The molecule has 2 aromatic carbocycles. The lowest BCUT2D eigenvalue weighted by Crippen LogP contribution is -2.23. The lowest BCUT2D eigenvalue weighted by molar-refractivity contribution is 0.286. The first kappa shape index (κ1) is 21.2. The van der Waals surface area contributed by atoms with Crippen LogP contribution in [0.2, 0.25) is 0 Å². The fraction of sp³-hybridized carbons (Fsp3) is 0.350. The highest BCUT2D eigenvalue weighted by Gasteiger charge is 2.12. The maximum atomic E-state index is 11.2. The van der Waals surface area contributed by atoms with Gasteiger partial charge in [0.1, 0.15) is 6.61 Å². The number of rotatable bonds is 6. The predicted octanol–water partition coefficient (Wildman–Crippen LogP) is 3.95. The Morgan fingerprint density at radius 1 is 1.00 bits per heavy atom. The summed E-state index contributed by atoms with van der Waals surface area (Å²) in [4.78, 5) is 0. The summed E-state index contributed by atoms with van der Waals surface area (Å²) < 4.78 is 30.4. The van der Waals surface area contributed by atoms with Gasteiger partial charge in [0, 0.05) is 12.2 Å². The molecule has 27 heavy (non-hydrogen) atoms. The largest absolute Gasteiger partial charge is 0.466 e. The third kappa shape index (κ3) is 7.56. The summed E-state index contributed by atoms with van der Waals surface area (Å²) >= 11 is 5.21. The second-order valence-corrected chi connectivity index (χ2v) is 9.57. The molecule has 5 nitrogen and oxygen atoms in total. The van der Waals surface area contributed by atoms with Gasteiger partial charge in [-0.1, -0.05) is 57.2 Å². The van der Waals surface area contributed by atoms with Crippen molar-refractivity contribution < 1.29 is 13.2 Å². The second-order valence-electron chi connectivity index (χ2n) is 7.45. The van der Waals surface area contributed by atoms with E-state index in [1.807, 2.05) is 0 Å². The first-order chi connectivity index (χ1) is 12.5. The van der Waals surface area contributed by atoms with E-state index in [9.17, 15) is 8.42 Å². The monoisotopic (exact) mass is 406 g/mol. The van der Waals surface area contributed by atoms with Gasteiger partial charge in [-0.15, -0.1) is 0 Å². The van der Waals surface area contributed by atoms with Crippen LogP contribution in [-0.2, 0) is 33.3 Å². The van der Waals surface area contributed by atoms with Crippen LogP contribution in [0.15, 0.2) is 48.5 Å². The fourth-order valence-corrected chi connectivity index (χ4v) is 3.08. The molecule has 0 saturated heterocycles. The van der Waals surface area contributed by atoms with Crippen LogP contribution in [0.1, 0.15) is 37.5 Å². The van der Waals surface area contributed by atoms with Crippen LogP contribution in [-0.4, -0.2) is 19.8 Å². The Bertz CT molecular complexity index is 869. The average Bonchev–Trinajstić information content (AvgIpc) is 2.57. The lowest BCUT2D eigenvalue weighted by Gasteiger charge is -2.19. The molecule has 0 spiro atoms. The molecule has 0 atom stereocenters. The Labute approximate surface area is 167 Å². The Balaban J connectivity index is 1.79. The quantitative estimate of drug-likeness (QED) is 0.711. The maximum absolute atomic E-state index is 11.2. The van der Waals surface area contributed by atoms with Crippen molar-refractivity contribution in [1.29, 1.82) is 0 Å². The maximum Gasteiger partial charge on any atom is 0.257 e. The third-order valence-corrected chi connectivity index (χ3v) is 4.75. The van der Waals surface area contributed by atoms with Crippen molar-refractivity contribution in [2.45, 2.75) is 39.3 Å². The number of thiocarbonyl (C=S) groups is 1. The second kappa shape index (κ2) is 8.71. The highest BCUT2D eigenvalue weighted by Crippen LogP contribution is 2.22. The van der Waals surface area contributed by atoms with Crippen LogP contribution < -0.4 is 10.0 Å². The molecule has 0 fully saturated rings. The van der Waals surface area contributed by atoms with Crippen LogP contribution in [0.5, 0.6) is 0 Å². The molecule has 2 aromatic rings. The van der Waals surface area contributed by atoms with Crippen LogP contribution in [0.25, 0.3) is 0 Å². The smallest absolute Gasteiger partial charge is 0.257 e. The lowest BCUT2D eigenvalue weighted by atomic mass is 9.87. The molecule has 0 saturated carbocycles. The van der Waals surface area contributed by atoms with Gasteiger partial charge in [-0.05, 0) is 46.5 Å². The van der Waals surface area contributed by atoms with Gasteiger partial charge in [-0.2, -0.15) is 0 Å². The number of hydrogen-bond acceptors (Lipinski definition) is 4. The summed E-state index contributed by atoms with van der Waals surface area (Å²) in [7, 11) is -3.27. The van der Waals surface area contributed by atoms with E-state index >= 15 is 0 Å². The molecule has 0 amide bonds. The van der Waals surface area contributed by atoms with E-state index < -0.39 is 10.0 Å². The van der Waals surface area contributed by atoms with Gasteiger partial charge in [-0.25, -0.2) is 8.42 Å². The number of anilines is 1. The van der Waals surface area contributed by atoms with Gasteiger partial charge in [0.05, 0.1) is 6.26 Å². The molecule has 0 aromatic heterocycles. The number of nitrogens with one attached hydrogen (secondary N) is 2. The van der Waals surface area contributed by atoms with Gasteiger partial charge < -0.3 is 10.1 Å². The van der Waals surface area contributed by atoms with E-state index in [4.69, 9.17) is 17.0 Å². The number of sulfonamides is 1. The molecule has 146 valence electrons. The molecule has 0 heterocycles. The summed E-state index contributed by atoms with van der Waals surface area (Å²) in [5, 5.41) is 3.41. The van der Waals surface area contributed by atoms with Crippen LogP contribution in [0, 0.1) is 0 Å². The molecule has 2 rings (SSSR count). The zero-order valence-electron chi connectivity index (χ0n) is 16.1. The highest BCUT2D eigenvalue weighted by atomic mass is 32.2. The average molecular weight is 407 g/mol. The molecular weight excluding hydrogens is 380 g/mol. The highest BCUT2D eigenvalue weighted by molar-refractivity contribution is 7.92. The Kier molecular flexibility index (Phi) is 6.84. The van der Waals surface area contributed by atoms with Crippen molar-refractivity contribution in [3.8, 4) is 0 Å². The van der Waals surface area contributed by atoms with Crippen molar-refractivity contribution in [2.75, 3.05) is 11.0 Å². The van der Waals surface area contributed by atoms with Gasteiger partial charge >= 0.3 is 0 Å². The summed E-state index contributed by atoms with van der Waals surface area (Å²) in [5.41, 5.74) is 3.97. The minimum Gasteiger partial charge on any atom is -0.466 e. The van der Waals surface area contributed by atoms with E-state index in [1.54, 1.807) is 24.3 Å². The summed E-state index contributed by atoms with van der Waals surface area (Å²) in [6.45, 7) is 7.47. The molecule has 0 aliphatic heterocycles. The Morgan fingerprint density at radius 2 is 1.56 bits per heavy atom. The third-order valence-electron chi connectivity index (χ3n) is 3.88. The van der Waals surface area contributed by atoms with Gasteiger partial charge in [0.15, 0.2) is 0 Å². The first-order valence-electron chi connectivity index (χ1n) is 8.60. The van der Waals surface area contributed by atoms with Gasteiger partial charge in [0.2, 0.25) is 10.0 Å². The van der Waals surface area contributed by atoms with E-state index in [1.165, 1.54) is 5.56 Å². The van der Waals surface area contributed by atoms with E-state index in [-0.39, 0.29) is 5.41 Å². The zero-order chi connectivity index (χ0) is 20.1. The summed E-state index contributed by atoms with van der Waals surface area (Å²) in [6.07, 6.45) is 1.12. The van der Waals surface area contributed by atoms with Crippen LogP contribution in [0.3, 0.4) is 0 Å². The van der Waals surface area contributed by atoms with Gasteiger partial charge in [0.25, 0.3) is 5.17 Å². The van der Waals surface area contributed by atoms with Crippen LogP contribution >= 0.6 is 12.2 Å². The molecule has 0 bridgehead atoms. The number of benzene rings is 2. The molecule has 0 aliphatic carbocycles. The normalized spacial score (nSPS) is 11.7. The summed E-state index contributed by atoms with van der Waals surface area (Å²) in [5.74, 6) is 0. The molecule has 0 aliphatic rings. The molecule has 2 N–H and O–H groups in total. The van der Waals surface area contributed by atoms with Crippen molar-refractivity contribution in [3.63, 3.8) is 0 Å². The predicted molar refractivity (Wildman–Crippen MR) is 114 cm³/mol. The van der Waals surface area contributed by atoms with Crippen molar-refractivity contribution in [3.05, 3.63) is 65.2 Å². The van der Waals surface area contributed by atoms with E-state index in [0.29, 0.717) is 24.0 Å². The van der Waals surface area contributed by atoms with Crippen molar-refractivity contribution in [1.82, 2.24) is 5.32 Å². The molecule has 7 heteroatoms. The fourth-order valence-electron chi connectivity index (χ4n) is 2.38. The van der Waals surface area contributed by atoms with Crippen molar-refractivity contribution in [2.24, 2.45) is 0 Å². The standard InChI is InChI=1S/C20H26N2O3S2/c1-20(2,3)17-9-5-15(6-10-17)13-21-19(26)25-14-16-7-11-18(12-8-16)22-27(4,23)24/h5-12,22H,13-14H2,1-4H3,(H,21,26). The minimum atomic E-state index is -3.27.